The number of nitrogens with zero attached hydrogens (tertiary/aromatic N) is 2. The van der Waals surface area contributed by atoms with Gasteiger partial charge in [-0.25, -0.2) is 13.1 Å². The SMILES string of the molecule is CC(C)(N)CNS(=O)(=O)c1cnn(CC(F)(F)F)c1. The van der Waals surface area contributed by atoms with E-state index in [4.69, 9.17) is 5.73 Å². The van der Waals surface area contributed by atoms with Crippen molar-refractivity contribution >= 4 is 10.0 Å². The van der Waals surface area contributed by atoms with Crippen molar-refractivity contribution in [3.63, 3.8) is 0 Å². The van der Waals surface area contributed by atoms with Crippen molar-refractivity contribution in [1.29, 1.82) is 0 Å². The molecule has 1 rings (SSSR count). The van der Waals surface area contributed by atoms with Crippen molar-refractivity contribution in [1.82, 2.24) is 14.5 Å². The Balaban J connectivity index is 2.80. The second kappa shape index (κ2) is 5.10. The van der Waals surface area contributed by atoms with Crippen molar-refractivity contribution in [2.45, 2.75) is 37.0 Å². The van der Waals surface area contributed by atoms with Crippen molar-refractivity contribution in [3.8, 4) is 0 Å². The molecule has 0 aliphatic heterocycles. The number of hydrogen-bond acceptors (Lipinski definition) is 4. The van der Waals surface area contributed by atoms with Gasteiger partial charge in [0.25, 0.3) is 0 Å². The Kier molecular flexibility index (Phi) is 4.27. The molecular formula is C9H15F3N4O2S. The van der Waals surface area contributed by atoms with E-state index in [0.717, 1.165) is 12.4 Å². The topological polar surface area (TPSA) is 90.0 Å². The minimum Gasteiger partial charge on any atom is -0.324 e. The lowest BCUT2D eigenvalue weighted by atomic mass is 10.1. The second-order valence-electron chi connectivity index (χ2n) is 4.80. The summed E-state index contributed by atoms with van der Waals surface area (Å²) in [6.07, 6.45) is -2.78. The number of nitrogens with two attached hydrogens (primary N) is 1. The first-order valence-electron chi connectivity index (χ1n) is 5.27. The van der Waals surface area contributed by atoms with Gasteiger partial charge < -0.3 is 5.73 Å². The van der Waals surface area contributed by atoms with Crippen LogP contribution in [0, 0.1) is 0 Å². The summed E-state index contributed by atoms with van der Waals surface area (Å²) < 4.78 is 62.6. The molecule has 10 heteroatoms. The lowest BCUT2D eigenvalue weighted by Crippen LogP contribution is -2.44. The Hall–Kier alpha value is -1.13. The molecule has 0 aromatic carbocycles. The van der Waals surface area contributed by atoms with Gasteiger partial charge in [-0.1, -0.05) is 0 Å². The van der Waals surface area contributed by atoms with Crippen LogP contribution in [0.25, 0.3) is 0 Å². The van der Waals surface area contributed by atoms with Crippen molar-refractivity contribution < 1.29 is 21.6 Å². The van der Waals surface area contributed by atoms with Gasteiger partial charge in [0, 0.05) is 18.3 Å². The third kappa shape index (κ3) is 5.57. The Labute approximate surface area is 108 Å². The van der Waals surface area contributed by atoms with Crippen LogP contribution >= 0.6 is 0 Å². The molecule has 0 aliphatic carbocycles. The van der Waals surface area contributed by atoms with E-state index in [-0.39, 0.29) is 11.4 Å². The number of nitrogens with one attached hydrogen (secondary N) is 1. The predicted molar refractivity (Wildman–Crippen MR) is 61.7 cm³/mol. The van der Waals surface area contributed by atoms with Gasteiger partial charge in [-0.3, -0.25) is 4.68 Å². The Bertz CT molecular complexity index is 530. The van der Waals surface area contributed by atoms with Crippen LogP contribution in [-0.4, -0.2) is 36.5 Å². The quantitative estimate of drug-likeness (QED) is 0.826. The van der Waals surface area contributed by atoms with Crippen LogP contribution in [0.3, 0.4) is 0 Å². The molecular weight excluding hydrogens is 285 g/mol. The van der Waals surface area contributed by atoms with Crippen LogP contribution in [0.5, 0.6) is 0 Å². The minimum atomic E-state index is -4.46. The van der Waals surface area contributed by atoms with Gasteiger partial charge >= 0.3 is 6.18 Å². The molecule has 0 radical (unpaired) electrons. The number of rotatable bonds is 5. The van der Waals surface area contributed by atoms with E-state index in [1.165, 1.54) is 0 Å². The van der Waals surface area contributed by atoms with E-state index in [0.29, 0.717) is 4.68 Å². The standard InChI is InChI=1S/C9H15F3N4O2S/c1-8(2,13)5-15-19(17,18)7-3-14-16(4-7)6-9(10,11)12/h3-4,15H,5-6,13H2,1-2H3. The zero-order chi connectivity index (χ0) is 14.9. The van der Waals surface area contributed by atoms with Crippen LogP contribution < -0.4 is 10.5 Å². The van der Waals surface area contributed by atoms with E-state index in [1.807, 2.05) is 0 Å². The molecule has 1 aromatic heterocycles. The molecule has 110 valence electrons. The van der Waals surface area contributed by atoms with E-state index >= 15 is 0 Å². The molecule has 0 atom stereocenters. The summed E-state index contributed by atoms with van der Waals surface area (Å²) >= 11 is 0. The maximum Gasteiger partial charge on any atom is 0.408 e. The van der Waals surface area contributed by atoms with Crippen LogP contribution in [0.15, 0.2) is 17.3 Å². The maximum absolute atomic E-state index is 12.1. The Morgan fingerprint density at radius 1 is 1.42 bits per heavy atom. The molecule has 0 bridgehead atoms. The lowest BCUT2D eigenvalue weighted by molar-refractivity contribution is -0.142. The first-order chi connectivity index (χ1) is 8.39. The van der Waals surface area contributed by atoms with Gasteiger partial charge in [0.2, 0.25) is 10.0 Å². The molecule has 0 spiro atoms. The number of sulfonamides is 1. The summed E-state index contributed by atoms with van der Waals surface area (Å²) in [5, 5.41) is 3.36. The van der Waals surface area contributed by atoms with E-state index in [2.05, 4.69) is 9.82 Å². The van der Waals surface area contributed by atoms with Crippen molar-refractivity contribution in [2.24, 2.45) is 5.73 Å². The highest BCUT2D eigenvalue weighted by molar-refractivity contribution is 7.89. The van der Waals surface area contributed by atoms with Gasteiger partial charge in [0.05, 0.1) is 6.20 Å². The summed E-state index contributed by atoms with van der Waals surface area (Å²) in [6, 6.07) is 0. The molecule has 3 N–H and O–H groups in total. The summed E-state index contributed by atoms with van der Waals surface area (Å²) in [5.41, 5.74) is 4.84. The molecule has 0 fully saturated rings. The van der Waals surface area contributed by atoms with Gasteiger partial charge in [0.15, 0.2) is 0 Å². The number of aromatic nitrogens is 2. The average molecular weight is 300 g/mol. The van der Waals surface area contributed by atoms with Crippen LogP contribution in [-0.2, 0) is 16.6 Å². The fourth-order valence-electron chi connectivity index (χ4n) is 1.12. The fourth-order valence-corrected chi connectivity index (χ4v) is 2.29. The highest BCUT2D eigenvalue weighted by Crippen LogP contribution is 2.18. The van der Waals surface area contributed by atoms with E-state index in [1.54, 1.807) is 13.8 Å². The minimum absolute atomic E-state index is 0.0419. The van der Waals surface area contributed by atoms with Crippen LogP contribution in [0.4, 0.5) is 13.2 Å². The molecule has 1 aromatic rings. The summed E-state index contributed by atoms with van der Waals surface area (Å²) in [4.78, 5) is -0.332. The molecule has 0 aliphatic rings. The molecule has 0 saturated carbocycles. The molecule has 0 saturated heterocycles. The van der Waals surface area contributed by atoms with Gasteiger partial charge in [-0.15, -0.1) is 0 Å². The second-order valence-corrected chi connectivity index (χ2v) is 6.57. The molecule has 1 heterocycles. The molecule has 0 unspecified atom stereocenters. The first kappa shape index (κ1) is 15.9. The molecule has 19 heavy (non-hydrogen) atoms. The smallest absolute Gasteiger partial charge is 0.324 e. The van der Waals surface area contributed by atoms with E-state index in [9.17, 15) is 21.6 Å². The Morgan fingerprint density at radius 2 is 2.00 bits per heavy atom. The van der Waals surface area contributed by atoms with Crippen LogP contribution in [0.1, 0.15) is 13.8 Å². The molecule has 0 amide bonds. The number of halogens is 3. The predicted octanol–water partition coefficient (Wildman–Crippen LogP) is 0.461. The third-order valence-corrected chi connectivity index (χ3v) is 3.33. The van der Waals surface area contributed by atoms with Crippen molar-refractivity contribution in [3.05, 3.63) is 12.4 Å². The summed E-state index contributed by atoms with van der Waals surface area (Å²) in [6.45, 7) is 1.84. The summed E-state index contributed by atoms with van der Waals surface area (Å²) in [5.74, 6) is 0. The molecule has 6 nitrogen and oxygen atoms in total. The number of alkyl halides is 3. The van der Waals surface area contributed by atoms with Gasteiger partial charge in [0.1, 0.15) is 11.4 Å². The third-order valence-electron chi connectivity index (χ3n) is 1.98. The largest absolute Gasteiger partial charge is 0.408 e. The summed E-state index contributed by atoms with van der Waals surface area (Å²) in [7, 11) is -3.91. The highest BCUT2D eigenvalue weighted by Gasteiger charge is 2.29. The zero-order valence-electron chi connectivity index (χ0n) is 10.4. The first-order valence-corrected chi connectivity index (χ1v) is 6.75. The lowest BCUT2D eigenvalue weighted by Gasteiger charge is -2.18. The van der Waals surface area contributed by atoms with Gasteiger partial charge in [-0.2, -0.15) is 18.3 Å². The maximum atomic E-state index is 12.1. The number of hydrogen-bond donors (Lipinski definition) is 2. The van der Waals surface area contributed by atoms with Crippen molar-refractivity contribution in [2.75, 3.05) is 6.54 Å². The average Bonchev–Trinajstić information content (AvgIpc) is 2.60. The van der Waals surface area contributed by atoms with Crippen LogP contribution in [0.2, 0.25) is 0 Å². The monoisotopic (exact) mass is 300 g/mol. The Morgan fingerprint density at radius 3 is 2.47 bits per heavy atom. The zero-order valence-corrected chi connectivity index (χ0v) is 11.2. The normalized spacial score (nSPS) is 13.8. The van der Waals surface area contributed by atoms with E-state index < -0.39 is 28.3 Å². The fraction of sp³-hybridized carbons (Fsp3) is 0.667. The highest BCUT2D eigenvalue weighted by atomic mass is 32.2. The van der Waals surface area contributed by atoms with Gasteiger partial charge in [-0.05, 0) is 13.8 Å².